The second kappa shape index (κ2) is 7.78. The van der Waals surface area contributed by atoms with Gasteiger partial charge in [-0.3, -0.25) is 19.7 Å². The van der Waals surface area contributed by atoms with Crippen molar-refractivity contribution in [3.05, 3.63) is 52.6 Å². The number of aliphatic carboxylic acids is 1. The Balaban J connectivity index is 2.83. The molecule has 0 aliphatic heterocycles. The zero-order valence-electron chi connectivity index (χ0n) is 11.4. The first-order valence-corrected chi connectivity index (χ1v) is 6.28. The SMILES string of the molecule is C=CCN(CCC(=O)O)C(=O)Cc1ccccc1[N+](=O)[O-]. The molecule has 1 aromatic carbocycles. The number of hydrogen-bond donors (Lipinski definition) is 1. The Morgan fingerprint density at radius 2 is 2.05 bits per heavy atom. The van der Waals surface area contributed by atoms with Gasteiger partial charge in [-0.15, -0.1) is 6.58 Å². The van der Waals surface area contributed by atoms with Gasteiger partial charge in [0, 0.05) is 24.7 Å². The maximum absolute atomic E-state index is 12.2. The molecule has 0 atom stereocenters. The summed E-state index contributed by atoms with van der Waals surface area (Å²) in [6, 6.07) is 5.99. The van der Waals surface area contributed by atoms with E-state index in [2.05, 4.69) is 6.58 Å². The number of nitrogens with zero attached hydrogens (tertiary/aromatic N) is 2. The number of carbonyl (C=O) groups excluding carboxylic acids is 1. The minimum atomic E-state index is -1.01. The Hall–Kier alpha value is -2.70. The van der Waals surface area contributed by atoms with E-state index < -0.39 is 10.9 Å². The van der Waals surface area contributed by atoms with Gasteiger partial charge in [-0.1, -0.05) is 24.3 Å². The van der Waals surface area contributed by atoms with E-state index >= 15 is 0 Å². The topological polar surface area (TPSA) is 101 Å². The van der Waals surface area contributed by atoms with Crippen LogP contribution >= 0.6 is 0 Å². The molecule has 1 rings (SSSR count). The molecule has 0 spiro atoms. The molecule has 1 aromatic rings. The van der Waals surface area contributed by atoms with Gasteiger partial charge in [0.25, 0.3) is 5.69 Å². The van der Waals surface area contributed by atoms with Crippen molar-refractivity contribution < 1.29 is 19.6 Å². The molecule has 0 saturated carbocycles. The number of carboxylic acids is 1. The molecular weight excluding hydrogens is 276 g/mol. The van der Waals surface area contributed by atoms with Crippen molar-refractivity contribution in [3.8, 4) is 0 Å². The first-order chi connectivity index (χ1) is 9.95. The smallest absolute Gasteiger partial charge is 0.305 e. The van der Waals surface area contributed by atoms with Crippen LogP contribution in [0.4, 0.5) is 5.69 Å². The molecule has 7 nitrogen and oxygen atoms in total. The Labute approximate surface area is 121 Å². The predicted octanol–water partition coefficient (Wildman–Crippen LogP) is 1.63. The molecule has 1 N–H and O–H groups in total. The fourth-order valence-electron chi connectivity index (χ4n) is 1.82. The van der Waals surface area contributed by atoms with Gasteiger partial charge in [-0.25, -0.2) is 0 Å². The van der Waals surface area contributed by atoms with Crippen LogP contribution in [0.25, 0.3) is 0 Å². The standard InChI is InChI=1S/C14H16N2O5/c1-2-8-15(9-7-14(18)19)13(17)10-11-5-3-4-6-12(11)16(20)21/h2-6H,1,7-10H2,(H,18,19). The van der Waals surface area contributed by atoms with E-state index in [-0.39, 0.29) is 37.5 Å². The van der Waals surface area contributed by atoms with Crippen LogP contribution in [0.3, 0.4) is 0 Å². The molecule has 0 bridgehead atoms. The third-order valence-corrected chi connectivity index (χ3v) is 2.83. The van der Waals surface area contributed by atoms with E-state index in [1.807, 2.05) is 0 Å². The molecule has 0 fully saturated rings. The number of nitro benzene ring substituents is 1. The monoisotopic (exact) mass is 292 g/mol. The Kier molecular flexibility index (Phi) is 6.06. The van der Waals surface area contributed by atoms with Gasteiger partial charge < -0.3 is 10.0 Å². The fourth-order valence-corrected chi connectivity index (χ4v) is 1.82. The van der Waals surface area contributed by atoms with Gasteiger partial charge in [-0.05, 0) is 0 Å². The van der Waals surface area contributed by atoms with E-state index in [1.165, 1.54) is 29.2 Å². The largest absolute Gasteiger partial charge is 0.481 e. The number of amides is 1. The van der Waals surface area contributed by atoms with Crippen molar-refractivity contribution in [1.29, 1.82) is 0 Å². The molecule has 112 valence electrons. The van der Waals surface area contributed by atoms with Gasteiger partial charge in [0.1, 0.15) is 0 Å². The third kappa shape index (κ3) is 5.06. The van der Waals surface area contributed by atoms with Crippen LogP contribution in [0, 0.1) is 10.1 Å². The summed E-state index contributed by atoms with van der Waals surface area (Å²) in [5.74, 6) is -1.38. The Bertz CT molecular complexity index is 556. The molecule has 1 amide bonds. The second-order valence-electron chi connectivity index (χ2n) is 4.33. The van der Waals surface area contributed by atoms with Crippen LogP contribution in [0.15, 0.2) is 36.9 Å². The minimum Gasteiger partial charge on any atom is -0.481 e. The van der Waals surface area contributed by atoms with Crippen LogP contribution in [0.5, 0.6) is 0 Å². The predicted molar refractivity (Wildman–Crippen MR) is 75.8 cm³/mol. The van der Waals surface area contributed by atoms with Gasteiger partial charge in [-0.2, -0.15) is 0 Å². The van der Waals surface area contributed by atoms with Crippen molar-refractivity contribution in [2.24, 2.45) is 0 Å². The van der Waals surface area contributed by atoms with E-state index in [1.54, 1.807) is 6.07 Å². The van der Waals surface area contributed by atoms with Gasteiger partial charge in [0.05, 0.1) is 17.8 Å². The number of carbonyl (C=O) groups is 2. The highest BCUT2D eigenvalue weighted by Gasteiger charge is 2.19. The fraction of sp³-hybridized carbons (Fsp3) is 0.286. The molecule has 0 saturated heterocycles. The number of hydrogen-bond acceptors (Lipinski definition) is 4. The van der Waals surface area contributed by atoms with Crippen molar-refractivity contribution in [3.63, 3.8) is 0 Å². The highest BCUT2D eigenvalue weighted by Crippen LogP contribution is 2.18. The van der Waals surface area contributed by atoms with Gasteiger partial charge >= 0.3 is 5.97 Å². The van der Waals surface area contributed by atoms with Crippen molar-refractivity contribution in [1.82, 2.24) is 4.90 Å². The molecule has 0 unspecified atom stereocenters. The zero-order chi connectivity index (χ0) is 15.8. The highest BCUT2D eigenvalue weighted by molar-refractivity contribution is 5.80. The van der Waals surface area contributed by atoms with Gasteiger partial charge in [0.2, 0.25) is 5.91 Å². The summed E-state index contributed by atoms with van der Waals surface area (Å²) in [6.07, 6.45) is 1.15. The molecular formula is C14H16N2O5. The molecule has 0 aliphatic rings. The summed E-state index contributed by atoms with van der Waals surface area (Å²) >= 11 is 0. The number of nitro groups is 1. The quantitative estimate of drug-likeness (QED) is 0.446. The van der Waals surface area contributed by atoms with E-state index in [0.717, 1.165) is 0 Å². The number of para-hydroxylation sites is 1. The van der Waals surface area contributed by atoms with E-state index in [4.69, 9.17) is 5.11 Å². The van der Waals surface area contributed by atoms with Crippen LogP contribution in [-0.4, -0.2) is 39.9 Å². The lowest BCUT2D eigenvalue weighted by molar-refractivity contribution is -0.385. The molecule has 0 aliphatic carbocycles. The number of rotatable bonds is 8. The average molecular weight is 292 g/mol. The molecule has 7 heteroatoms. The molecule has 0 radical (unpaired) electrons. The minimum absolute atomic E-state index is 0.0425. The summed E-state index contributed by atoms with van der Waals surface area (Å²) in [5.41, 5.74) is 0.180. The average Bonchev–Trinajstić information content (AvgIpc) is 2.43. The van der Waals surface area contributed by atoms with Gasteiger partial charge in [0.15, 0.2) is 0 Å². The van der Waals surface area contributed by atoms with Crippen LogP contribution in [0.1, 0.15) is 12.0 Å². The summed E-state index contributed by atoms with van der Waals surface area (Å²) in [6.45, 7) is 3.76. The number of carboxylic acid groups (broad SMARTS) is 1. The maximum atomic E-state index is 12.2. The highest BCUT2D eigenvalue weighted by atomic mass is 16.6. The lowest BCUT2D eigenvalue weighted by Crippen LogP contribution is -2.34. The normalized spacial score (nSPS) is 9.90. The lowest BCUT2D eigenvalue weighted by atomic mass is 10.1. The Morgan fingerprint density at radius 3 is 2.62 bits per heavy atom. The summed E-state index contributed by atoms with van der Waals surface area (Å²) in [4.78, 5) is 34.4. The van der Waals surface area contributed by atoms with Crippen molar-refractivity contribution in [2.45, 2.75) is 12.8 Å². The third-order valence-electron chi connectivity index (χ3n) is 2.83. The lowest BCUT2D eigenvalue weighted by Gasteiger charge is -2.20. The summed E-state index contributed by atoms with van der Waals surface area (Å²) in [5, 5.41) is 19.6. The summed E-state index contributed by atoms with van der Waals surface area (Å²) < 4.78 is 0. The molecule has 0 aromatic heterocycles. The van der Waals surface area contributed by atoms with Crippen LogP contribution in [-0.2, 0) is 16.0 Å². The first-order valence-electron chi connectivity index (χ1n) is 6.28. The summed E-state index contributed by atoms with van der Waals surface area (Å²) in [7, 11) is 0. The van der Waals surface area contributed by atoms with Crippen molar-refractivity contribution in [2.75, 3.05) is 13.1 Å². The second-order valence-corrected chi connectivity index (χ2v) is 4.33. The number of benzene rings is 1. The van der Waals surface area contributed by atoms with Crippen LogP contribution < -0.4 is 0 Å². The van der Waals surface area contributed by atoms with Crippen LogP contribution in [0.2, 0.25) is 0 Å². The van der Waals surface area contributed by atoms with E-state index in [9.17, 15) is 19.7 Å². The van der Waals surface area contributed by atoms with Crippen molar-refractivity contribution >= 4 is 17.6 Å². The first kappa shape index (κ1) is 16.4. The molecule has 21 heavy (non-hydrogen) atoms. The molecule has 0 heterocycles. The Morgan fingerprint density at radius 1 is 1.38 bits per heavy atom. The zero-order valence-corrected chi connectivity index (χ0v) is 11.4. The maximum Gasteiger partial charge on any atom is 0.305 e. The van der Waals surface area contributed by atoms with E-state index in [0.29, 0.717) is 5.56 Å².